The van der Waals surface area contributed by atoms with Gasteiger partial charge in [-0.25, -0.2) is 0 Å². The van der Waals surface area contributed by atoms with Gasteiger partial charge in [0.05, 0.1) is 5.88 Å². The Morgan fingerprint density at radius 2 is 1.85 bits per heavy atom. The van der Waals surface area contributed by atoms with Crippen LogP contribution in [-0.2, 0) is 5.88 Å². The first kappa shape index (κ1) is 8.79. The molecule has 0 saturated carbocycles. The molecule has 1 aromatic heterocycles. The number of halogens is 1. The molecule has 2 aromatic rings. The summed E-state index contributed by atoms with van der Waals surface area (Å²) >= 11 is 7.45. The van der Waals surface area contributed by atoms with Crippen LogP contribution in [0.2, 0.25) is 0 Å². The van der Waals surface area contributed by atoms with Crippen molar-refractivity contribution in [2.24, 2.45) is 0 Å². The predicted octanol–water partition coefficient (Wildman–Crippen LogP) is 4.15. The van der Waals surface area contributed by atoms with Crippen LogP contribution in [0.15, 0.2) is 41.8 Å². The maximum atomic E-state index is 5.74. The molecule has 66 valence electrons. The standard InChI is InChI=1S/C11H9ClS/c12-7-11-6-10(8-13-11)9-4-2-1-3-5-9/h1-6,8H,7H2. The van der Waals surface area contributed by atoms with Gasteiger partial charge in [0.25, 0.3) is 0 Å². The molecule has 0 saturated heterocycles. The number of rotatable bonds is 2. The van der Waals surface area contributed by atoms with Crippen LogP contribution in [0.4, 0.5) is 0 Å². The molecule has 0 amide bonds. The minimum atomic E-state index is 0.609. The van der Waals surface area contributed by atoms with E-state index in [0.717, 1.165) is 0 Å². The van der Waals surface area contributed by atoms with Crippen LogP contribution in [0, 0.1) is 0 Å². The second-order valence-electron chi connectivity index (χ2n) is 2.80. The highest BCUT2D eigenvalue weighted by molar-refractivity contribution is 7.10. The number of hydrogen-bond acceptors (Lipinski definition) is 1. The number of hydrogen-bond donors (Lipinski definition) is 0. The molecule has 0 fully saturated rings. The van der Waals surface area contributed by atoms with Crippen LogP contribution in [0.1, 0.15) is 4.88 Å². The molecule has 0 unspecified atom stereocenters. The van der Waals surface area contributed by atoms with Crippen molar-refractivity contribution in [3.8, 4) is 11.1 Å². The maximum Gasteiger partial charge on any atom is 0.0568 e. The normalized spacial score (nSPS) is 10.2. The molecule has 0 bridgehead atoms. The van der Waals surface area contributed by atoms with Crippen molar-refractivity contribution in [2.45, 2.75) is 5.88 Å². The van der Waals surface area contributed by atoms with Crippen LogP contribution in [0.3, 0.4) is 0 Å². The summed E-state index contributed by atoms with van der Waals surface area (Å²) in [5.74, 6) is 0.609. The first-order valence-electron chi connectivity index (χ1n) is 4.09. The fourth-order valence-corrected chi connectivity index (χ4v) is 2.24. The summed E-state index contributed by atoms with van der Waals surface area (Å²) < 4.78 is 0. The van der Waals surface area contributed by atoms with Crippen LogP contribution >= 0.6 is 22.9 Å². The summed E-state index contributed by atoms with van der Waals surface area (Å²) in [5.41, 5.74) is 2.52. The summed E-state index contributed by atoms with van der Waals surface area (Å²) in [5, 5.41) is 2.15. The Morgan fingerprint density at radius 3 is 2.46 bits per heavy atom. The molecule has 13 heavy (non-hydrogen) atoms. The van der Waals surface area contributed by atoms with Gasteiger partial charge in [0.2, 0.25) is 0 Å². The Hall–Kier alpha value is -0.790. The third-order valence-corrected chi connectivity index (χ3v) is 3.28. The quantitative estimate of drug-likeness (QED) is 0.651. The van der Waals surface area contributed by atoms with Crippen LogP contribution in [0.5, 0.6) is 0 Å². The highest BCUT2D eigenvalue weighted by atomic mass is 35.5. The van der Waals surface area contributed by atoms with Gasteiger partial charge in [0.15, 0.2) is 0 Å². The van der Waals surface area contributed by atoms with E-state index in [1.54, 1.807) is 11.3 Å². The number of alkyl halides is 1. The van der Waals surface area contributed by atoms with Gasteiger partial charge in [-0.05, 0) is 22.6 Å². The Labute approximate surface area is 86.8 Å². The SMILES string of the molecule is ClCc1cc(-c2ccccc2)cs1. The van der Waals surface area contributed by atoms with Crippen molar-refractivity contribution >= 4 is 22.9 Å². The molecule has 2 rings (SSSR count). The van der Waals surface area contributed by atoms with Crippen LogP contribution < -0.4 is 0 Å². The Morgan fingerprint density at radius 1 is 1.08 bits per heavy atom. The zero-order valence-corrected chi connectivity index (χ0v) is 8.61. The molecule has 1 aromatic carbocycles. The highest BCUT2D eigenvalue weighted by Crippen LogP contribution is 2.25. The first-order valence-corrected chi connectivity index (χ1v) is 5.50. The van der Waals surface area contributed by atoms with Gasteiger partial charge in [-0.15, -0.1) is 22.9 Å². The van der Waals surface area contributed by atoms with E-state index in [1.807, 2.05) is 18.2 Å². The second kappa shape index (κ2) is 3.95. The molecule has 0 aliphatic rings. The topological polar surface area (TPSA) is 0 Å². The average molecular weight is 209 g/mol. The van der Waals surface area contributed by atoms with E-state index in [-0.39, 0.29) is 0 Å². The molecule has 0 atom stereocenters. The van der Waals surface area contributed by atoms with E-state index in [2.05, 4.69) is 23.6 Å². The Balaban J connectivity index is 2.36. The largest absolute Gasteiger partial charge is 0.147 e. The number of benzene rings is 1. The molecule has 0 nitrogen and oxygen atoms in total. The molecule has 0 spiro atoms. The summed E-state index contributed by atoms with van der Waals surface area (Å²) in [6, 6.07) is 12.5. The smallest absolute Gasteiger partial charge is 0.0568 e. The van der Waals surface area contributed by atoms with Gasteiger partial charge in [-0.1, -0.05) is 30.3 Å². The third kappa shape index (κ3) is 1.93. The van der Waals surface area contributed by atoms with Crippen molar-refractivity contribution in [1.82, 2.24) is 0 Å². The molecule has 0 N–H and O–H groups in total. The van der Waals surface area contributed by atoms with E-state index < -0.39 is 0 Å². The van der Waals surface area contributed by atoms with Gasteiger partial charge < -0.3 is 0 Å². The first-order chi connectivity index (χ1) is 6.40. The van der Waals surface area contributed by atoms with Crippen LogP contribution in [0.25, 0.3) is 11.1 Å². The molecule has 0 radical (unpaired) electrons. The minimum absolute atomic E-state index is 0.609. The van der Waals surface area contributed by atoms with E-state index in [4.69, 9.17) is 11.6 Å². The monoisotopic (exact) mass is 208 g/mol. The fraction of sp³-hybridized carbons (Fsp3) is 0.0909. The lowest BCUT2D eigenvalue weighted by Gasteiger charge is -1.94. The zero-order valence-electron chi connectivity index (χ0n) is 7.03. The maximum absolute atomic E-state index is 5.74. The van der Waals surface area contributed by atoms with Gasteiger partial charge >= 0.3 is 0 Å². The molecule has 1 heterocycles. The summed E-state index contributed by atoms with van der Waals surface area (Å²) in [6.45, 7) is 0. The minimum Gasteiger partial charge on any atom is -0.147 e. The predicted molar refractivity (Wildman–Crippen MR) is 59.3 cm³/mol. The van der Waals surface area contributed by atoms with Crippen molar-refractivity contribution in [3.05, 3.63) is 46.7 Å². The van der Waals surface area contributed by atoms with Crippen molar-refractivity contribution in [1.29, 1.82) is 0 Å². The molecular weight excluding hydrogens is 200 g/mol. The van der Waals surface area contributed by atoms with Crippen molar-refractivity contribution in [3.63, 3.8) is 0 Å². The summed E-state index contributed by atoms with van der Waals surface area (Å²) in [4.78, 5) is 1.22. The van der Waals surface area contributed by atoms with Gasteiger partial charge in [0.1, 0.15) is 0 Å². The second-order valence-corrected chi connectivity index (χ2v) is 4.06. The molecule has 0 aliphatic carbocycles. The van der Waals surface area contributed by atoms with Gasteiger partial charge in [0, 0.05) is 4.88 Å². The summed E-state index contributed by atoms with van der Waals surface area (Å²) in [7, 11) is 0. The summed E-state index contributed by atoms with van der Waals surface area (Å²) in [6.07, 6.45) is 0. The molecular formula is C11H9ClS. The Kier molecular flexibility index (Phi) is 2.67. The van der Waals surface area contributed by atoms with Crippen molar-refractivity contribution < 1.29 is 0 Å². The average Bonchev–Trinajstić information content (AvgIpc) is 2.67. The highest BCUT2D eigenvalue weighted by Gasteiger charge is 1.99. The molecule has 0 aliphatic heterocycles. The Bertz CT molecular complexity index is 378. The van der Waals surface area contributed by atoms with Crippen molar-refractivity contribution in [2.75, 3.05) is 0 Å². The lowest BCUT2D eigenvalue weighted by molar-refractivity contribution is 1.53. The lowest BCUT2D eigenvalue weighted by atomic mass is 10.1. The van der Waals surface area contributed by atoms with Crippen LogP contribution in [-0.4, -0.2) is 0 Å². The third-order valence-electron chi connectivity index (χ3n) is 1.89. The van der Waals surface area contributed by atoms with E-state index in [1.165, 1.54) is 16.0 Å². The van der Waals surface area contributed by atoms with E-state index in [9.17, 15) is 0 Å². The number of thiophene rings is 1. The fourth-order valence-electron chi connectivity index (χ4n) is 1.23. The molecule has 2 heteroatoms. The van der Waals surface area contributed by atoms with E-state index in [0.29, 0.717) is 5.88 Å². The van der Waals surface area contributed by atoms with E-state index >= 15 is 0 Å². The van der Waals surface area contributed by atoms with Gasteiger partial charge in [-0.3, -0.25) is 0 Å². The van der Waals surface area contributed by atoms with Gasteiger partial charge in [-0.2, -0.15) is 0 Å². The zero-order chi connectivity index (χ0) is 9.10. The lowest BCUT2D eigenvalue weighted by Crippen LogP contribution is -1.70.